The molecule has 0 fully saturated rings. The summed E-state index contributed by atoms with van der Waals surface area (Å²) in [6, 6.07) is 17.7. The first-order valence-electron chi connectivity index (χ1n) is 8.22. The zero-order chi connectivity index (χ0) is 18.5. The predicted molar refractivity (Wildman–Crippen MR) is 109 cm³/mol. The standard InChI is InChI=1S/C20H18Cl2N2OS/c1-13-7-9-14(10-8-13)19(17-6-3-11-26-17)23-12-18(25)24-20-15(21)4-2-5-16(20)22/h2-11,19,23H,12H2,1H3,(H,24,25)/p+1/t19-/m1/s1. The molecule has 2 aromatic carbocycles. The molecule has 3 N–H and O–H groups in total. The van der Waals surface area contributed by atoms with Crippen LogP contribution in [-0.2, 0) is 4.79 Å². The van der Waals surface area contributed by atoms with E-state index >= 15 is 0 Å². The van der Waals surface area contributed by atoms with Gasteiger partial charge in [-0.15, -0.1) is 11.3 Å². The molecule has 134 valence electrons. The van der Waals surface area contributed by atoms with E-state index < -0.39 is 0 Å². The van der Waals surface area contributed by atoms with Gasteiger partial charge in [0.15, 0.2) is 6.54 Å². The molecule has 1 heterocycles. The van der Waals surface area contributed by atoms with Gasteiger partial charge in [-0.05, 0) is 30.5 Å². The monoisotopic (exact) mass is 405 g/mol. The van der Waals surface area contributed by atoms with Crippen LogP contribution in [0.25, 0.3) is 0 Å². The second-order valence-corrected chi connectivity index (χ2v) is 7.78. The molecule has 0 aliphatic carbocycles. The number of halogens is 2. The first kappa shape index (κ1) is 18.9. The van der Waals surface area contributed by atoms with Crippen LogP contribution in [0.5, 0.6) is 0 Å². The van der Waals surface area contributed by atoms with Crippen molar-refractivity contribution in [2.45, 2.75) is 13.0 Å². The van der Waals surface area contributed by atoms with E-state index in [0.717, 1.165) is 0 Å². The average Bonchev–Trinajstić information content (AvgIpc) is 3.14. The maximum atomic E-state index is 12.4. The third kappa shape index (κ3) is 4.65. The van der Waals surface area contributed by atoms with E-state index in [1.807, 2.05) is 16.8 Å². The Morgan fingerprint density at radius 2 is 1.77 bits per heavy atom. The van der Waals surface area contributed by atoms with Crippen molar-refractivity contribution < 1.29 is 10.1 Å². The molecule has 0 aliphatic heterocycles. The molecule has 0 spiro atoms. The van der Waals surface area contributed by atoms with Crippen LogP contribution in [0.3, 0.4) is 0 Å². The van der Waals surface area contributed by atoms with Crippen molar-refractivity contribution in [3.63, 3.8) is 0 Å². The van der Waals surface area contributed by atoms with Gasteiger partial charge < -0.3 is 10.6 Å². The van der Waals surface area contributed by atoms with Crippen LogP contribution in [0.15, 0.2) is 60.0 Å². The molecule has 6 heteroatoms. The Morgan fingerprint density at radius 3 is 2.38 bits per heavy atom. The van der Waals surface area contributed by atoms with Crippen molar-refractivity contribution in [1.29, 1.82) is 0 Å². The minimum absolute atomic E-state index is 0.0723. The number of carbonyl (C=O) groups is 1. The van der Waals surface area contributed by atoms with Gasteiger partial charge in [-0.3, -0.25) is 4.79 Å². The van der Waals surface area contributed by atoms with Gasteiger partial charge >= 0.3 is 0 Å². The maximum absolute atomic E-state index is 12.4. The van der Waals surface area contributed by atoms with Gasteiger partial charge in [-0.1, -0.05) is 65.2 Å². The first-order valence-corrected chi connectivity index (χ1v) is 9.85. The Kier molecular flexibility index (Phi) is 6.33. The number of nitrogens with two attached hydrogens (primary N) is 1. The molecule has 0 aliphatic rings. The fourth-order valence-electron chi connectivity index (χ4n) is 2.69. The summed E-state index contributed by atoms with van der Waals surface area (Å²) in [4.78, 5) is 13.6. The number of amides is 1. The number of carbonyl (C=O) groups excluding carboxylic acids is 1. The molecule has 0 saturated heterocycles. The number of nitrogens with one attached hydrogen (secondary N) is 1. The summed E-state index contributed by atoms with van der Waals surface area (Å²) < 4.78 is 0. The summed E-state index contributed by atoms with van der Waals surface area (Å²) in [6.07, 6.45) is 0. The quantitative estimate of drug-likeness (QED) is 0.615. The highest BCUT2D eigenvalue weighted by molar-refractivity contribution is 7.10. The largest absolute Gasteiger partial charge is 0.328 e. The summed E-state index contributed by atoms with van der Waals surface area (Å²) in [5.41, 5.74) is 2.84. The van der Waals surface area contributed by atoms with Crippen molar-refractivity contribution >= 4 is 46.1 Å². The van der Waals surface area contributed by atoms with Crippen molar-refractivity contribution in [2.24, 2.45) is 0 Å². The van der Waals surface area contributed by atoms with E-state index in [4.69, 9.17) is 23.2 Å². The fourth-order valence-corrected chi connectivity index (χ4v) is 4.03. The van der Waals surface area contributed by atoms with Crippen LogP contribution in [0.1, 0.15) is 22.0 Å². The third-order valence-electron chi connectivity index (χ3n) is 4.05. The lowest BCUT2D eigenvalue weighted by Gasteiger charge is -2.15. The van der Waals surface area contributed by atoms with Crippen molar-refractivity contribution in [3.05, 3.63) is 86.0 Å². The number of rotatable bonds is 6. The molecular formula is C20H19Cl2N2OS+. The first-order chi connectivity index (χ1) is 12.5. The Labute approximate surface area is 167 Å². The zero-order valence-corrected chi connectivity index (χ0v) is 16.5. The van der Waals surface area contributed by atoms with Crippen molar-refractivity contribution in [2.75, 3.05) is 11.9 Å². The number of aryl methyl sites for hydroxylation is 1. The summed E-state index contributed by atoms with van der Waals surface area (Å²) in [7, 11) is 0. The minimum Gasteiger partial charge on any atom is -0.328 e. The Morgan fingerprint density at radius 1 is 1.08 bits per heavy atom. The van der Waals surface area contributed by atoms with E-state index in [1.165, 1.54) is 16.0 Å². The average molecular weight is 406 g/mol. The fraction of sp³-hybridized carbons (Fsp3) is 0.150. The second-order valence-electron chi connectivity index (χ2n) is 5.99. The van der Waals surface area contributed by atoms with Gasteiger partial charge in [0.2, 0.25) is 0 Å². The second kappa shape index (κ2) is 8.69. The summed E-state index contributed by atoms with van der Waals surface area (Å²) in [6.45, 7) is 2.33. The Bertz CT molecular complexity index is 859. The minimum atomic E-state index is -0.145. The number of thiophene rings is 1. The summed E-state index contributed by atoms with van der Waals surface area (Å²) in [5.74, 6) is -0.145. The highest BCUT2D eigenvalue weighted by Gasteiger charge is 2.20. The Hall–Kier alpha value is -1.85. The number of para-hydroxylation sites is 1. The van der Waals surface area contributed by atoms with E-state index in [-0.39, 0.29) is 18.5 Å². The Balaban J connectivity index is 1.72. The number of anilines is 1. The van der Waals surface area contributed by atoms with Crippen LogP contribution in [0, 0.1) is 6.92 Å². The molecule has 3 rings (SSSR count). The lowest BCUT2D eigenvalue weighted by Crippen LogP contribution is -2.87. The van der Waals surface area contributed by atoms with Gasteiger partial charge in [-0.2, -0.15) is 0 Å². The maximum Gasteiger partial charge on any atom is 0.279 e. The molecule has 1 amide bonds. The molecule has 1 atom stereocenters. The lowest BCUT2D eigenvalue weighted by atomic mass is 10.0. The summed E-state index contributed by atoms with van der Waals surface area (Å²) >= 11 is 13.9. The predicted octanol–water partition coefficient (Wildman–Crippen LogP) is 4.65. The highest BCUT2D eigenvalue weighted by atomic mass is 35.5. The van der Waals surface area contributed by atoms with Crippen LogP contribution in [0.2, 0.25) is 10.0 Å². The van der Waals surface area contributed by atoms with Crippen LogP contribution in [0.4, 0.5) is 5.69 Å². The topological polar surface area (TPSA) is 45.7 Å². The third-order valence-corrected chi connectivity index (χ3v) is 5.64. The van der Waals surface area contributed by atoms with E-state index in [1.54, 1.807) is 29.5 Å². The van der Waals surface area contributed by atoms with E-state index in [9.17, 15) is 4.79 Å². The van der Waals surface area contributed by atoms with Gasteiger partial charge in [0.1, 0.15) is 6.04 Å². The molecule has 0 saturated carbocycles. The molecule has 0 unspecified atom stereocenters. The highest BCUT2D eigenvalue weighted by Crippen LogP contribution is 2.29. The molecule has 0 radical (unpaired) electrons. The normalized spacial score (nSPS) is 12.0. The zero-order valence-electron chi connectivity index (χ0n) is 14.2. The molecule has 1 aromatic heterocycles. The molecule has 26 heavy (non-hydrogen) atoms. The van der Waals surface area contributed by atoms with Gasteiger partial charge in [0.25, 0.3) is 5.91 Å². The molecule has 3 aromatic rings. The van der Waals surface area contributed by atoms with Gasteiger partial charge in [-0.25, -0.2) is 0 Å². The van der Waals surface area contributed by atoms with Crippen LogP contribution in [-0.4, -0.2) is 12.5 Å². The van der Waals surface area contributed by atoms with Gasteiger partial charge in [0.05, 0.1) is 20.6 Å². The van der Waals surface area contributed by atoms with Crippen LogP contribution >= 0.6 is 34.5 Å². The smallest absolute Gasteiger partial charge is 0.279 e. The number of quaternary nitrogens is 1. The number of benzene rings is 2. The van der Waals surface area contributed by atoms with Gasteiger partial charge in [0, 0.05) is 5.56 Å². The van der Waals surface area contributed by atoms with Crippen LogP contribution < -0.4 is 10.6 Å². The molecule has 0 bridgehead atoms. The number of hydrogen-bond donors (Lipinski definition) is 2. The molecule has 3 nitrogen and oxygen atoms in total. The summed E-state index contributed by atoms with van der Waals surface area (Å²) in [5, 5.41) is 7.74. The van der Waals surface area contributed by atoms with Crippen molar-refractivity contribution in [1.82, 2.24) is 0 Å². The van der Waals surface area contributed by atoms with Crippen molar-refractivity contribution in [3.8, 4) is 0 Å². The SMILES string of the molecule is Cc1ccc([C@@H]([NH2+]CC(=O)Nc2c(Cl)cccc2Cl)c2cccs2)cc1. The lowest BCUT2D eigenvalue weighted by molar-refractivity contribution is -0.675. The van der Waals surface area contributed by atoms with E-state index in [2.05, 4.69) is 42.6 Å². The number of hydrogen-bond acceptors (Lipinski definition) is 2. The van der Waals surface area contributed by atoms with E-state index in [0.29, 0.717) is 15.7 Å². The molecular weight excluding hydrogens is 387 g/mol.